The van der Waals surface area contributed by atoms with Gasteiger partial charge in [-0.2, -0.15) is 0 Å². The number of aromatic carboxylic acids is 1. The first-order chi connectivity index (χ1) is 8.48. The van der Waals surface area contributed by atoms with Crippen molar-refractivity contribution in [3.8, 4) is 0 Å². The molecule has 1 aromatic carbocycles. The first-order valence-electron chi connectivity index (χ1n) is 6.51. The zero-order chi connectivity index (χ0) is 13.2. The van der Waals surface area contributed by atoms with E-state index in [1.165, 1.54) is 12.8 Å². The molecule has 0 amide bonds. The fourth-order valence-electron chi connectivity index (χ4n) is 2.79. The molecule has 2 rings (SSSR count). The first kappa shape index (κ1) is 13.1. The number of piperidine rings is 1. The van der Waals surface area contributed by atoms with Gasteiger partial charge in [0, 0.05) is 13.1 Å². The van der Waals surface area contributed by atoms with Gasteiger partial charge >= 0.3 is 5.97 Å². The smallest absolute Gasteiger partial charge is 0.336 e. The summed E-state index contributed by atoms with van der Waals surface area (Å²) < 4.78 is 0. The van der Waals surface area contributed by atoms with E-state index < -0.39 is 5.97 Å². The average Bonchev–Trinajstić information content (AvgIpc) is 2.28. The van der Waals surface area contributed by atoms with Crippen molar-refractivity contribution in [3.05, 3.63) is 35.4 Å². The topological polar surface area (TPSA) is 40.5 Å². The number of rotatable bonds is 3. The van der Waals surface area contributed by atoms with E-state index >= 15 is 0 Å². The second-order valence-corrected chi connectivity index (χ2v) is 5.94. The van der Waals surface area contributed by atoms with Crippen molar-refractivity contribution in [2.75, 3.05) is 13.1 Å². The second kappa shape index (κ2) is 5.11. The molecule has 1 fully saturated rings. The molecule has 0 atom stereocenters. The van der Waals surface area contributed by atoms with Gasteiger partial charge in [-0.3, -0.25) is 4.90 Å². The Morgan fingerprint density at radius 2 is 2.11 bits per heavy atom. The Morgan fingerprint density at radius 1 is 1.39 bits per heavy atom. The minimum absolute atomic E-state index is 0.344. The van der Waals surface area contributed by atoms with Crippen LogP contribution in [0.4, 0.5) is 0 Å². The molecule has 18 heavy (non-hydrogen) atoms. The quantitative estimate of drug-likeness (QED) is 0.892. The van der Waals surface area contributed by atoms with Crippen LogP contribution in [0.3, 0.4) is 0 Å². The molecule has 3 nitrogen and oxygen atoms in total. The molecule has 0 aliphatic carbocycles. The van der Waals surface area contributed by atoms with E-state index in [1.54, 1.807) is 12.1 Å². The van der Waals surface area contributed by atoms with Gasteiger partial charge in [-0.05, 0) is 36.4 Å². The second-order valence-electron chi connectivity index (χ2n) is 5.94. The van der Waals surface area contributed by atoms with Crippen molar-refractivity contribution >= 4 is 5.97 Å². The van der Waals surface area contributed by atoms with Crippen LogP contribution in [0.2, 0.25) is 0 Å². The molecule has 0 bridgehead atoms. The van der Waals surface area contributed by atoms with E-state index in [1.807, 2.05) is 12.1 Å². The lowest BCUT2D eigenvalue weighted by molar-refractivity contribution is 0.0692. The summed E-state index contributed by atoms with van der Waals surface area (Å²) >= 11 is 0. The summed E-state index contributed by atoms with van der Waals surface area (Å²) in [6.45, 7) is 7.41. The van der Waals surface area contributed by atoms with Gasteiger partial charge in [-0.1, -0.05) is 32.0 Å². The number of hydrogen-bond donors (Lipinski definition) is 1. The molecule has 1 aliphatic rings. The zero-order valence-corrected chi connectivity index (χ0v) is 11.1. The Morgan fingerprint density at radius 3 is 2.78 bits per heavy atom. The van der Waals surface area contributed by atoms with Crippen LogP contribution in [0.5, 0.6) is 0 Å². The molecule has 1 saturated heterocycles. The van der Waals surface area contributed by atoms with Crippen molar-refractivity contribution in [2.45, 2.75) is 33.2 Å². The van der Waals surface area contributed by atoms with Crippen molar-refractivity contribution < 1.29 is 9.90 Å². The maximum Gasteiger partial charge on any atom is 0.336 e. The molecule has 0 aromatic heterocycles. The maximum atomic E-state index is 11.2. The van der Waals surface area contributed by atoms with E-state index in [4.69, 9.17) is 0 Å². The Kier molecular flexibility index (Phi) is 3.71. The lowest BCUT2D eigenvalue weighted by Crippen LogP contribution is -2.39. The molecule has 3 heteroatoms. The summed E-state index contributed by atoms with van der Waals surface area (Å²) in [4.78, 5) is 13.5. The normalized spacial score (nSPS) is 19.7. The summed E-state index contributed by atoms with van der Waals surface area (Å²) in [6.07, 6.45) is 2.45. The van der Waals surface area contributed by atoms with Crippen LogP contribution in [0.25, 0.3) is 0 Å². The summed E-state index contributed by atoms with van der Waals surface area (Å²) in [5.41, 5.74) is 1.69. The highest BCUT2D eigenvalue weighted by Crippen LogP contribution is 2.29. The lowest BCUT2D eigenvalue weighted by Gasteiger charge is -2.38. The predicted octanol–water partition coefficient (Wildman–Crippen LogP) is 3.01. The molecule has 1 aliphatic heterocycles. The van der Waals surface area contributed by atoms with E-state index in [0.29, 0.717) is 11.0 Å². The van der Waals surface area contributed by atoms with Crippen molar-refractivity contribution in [1.29, 1.82) is 0 Å². The third kappa shape index (κ3) is 3.10. The van der Waals surface area contributed by atoms with Crippen molar-refractivity contribution in [3.63, 3.8) is 0 Å². The number of carboxylic acid groups (broad SMARTS) is 1. The highest BCUT2D eigenvalue weighted by molar-refractivity contribution is 5.89. The molecule has 1 N–H and O–H groups in total. The molecular formula is C15H21NO2. The number of nitrogens with zero attached hydrogens (tertiary/aromatic N) is 1. The van der Waals surface area contributed by atoms with Gasteiger partial charge < -0.3 is 5.11 Å². The SMILES string of the molecule is CC1(C)CCCN(Cc2ccccc2C(=O)O)C1. The zero-order valence-electron chi connectivity index (χ0n) is 11.1. The maximum absolute atomic E-state index is 11.2. The lowest BCUT2D eigenvalue weighted by atomic mass is 9.84. The van der Waals surface area contributed by atoms with Crippen LogP contribution in [0, 0.1) is 5.41 Å². The standard InChI is InChI=1S/C15H21NO2/c1-15(2)8-5-9-16(11-15)10-12-6-3-4-7-13(12)14(17)18/h3-4,6-7H,5,8-11H2,1-2H3,(H,17,18). The van der Waals surface area contributed by atoms with Crippen LogP contribution in [-0.2, 0) is 6.54 Å². The highest BCUT2D eigenvalue weighted by atomic mass is 16.4. The van der Waals surface area contributed by atoms with Crippen LogP contribution < -0.4 is 0 Å². The predicted molar refractivity (Wildman–Crippen MR) is 71.7 cm³/mol. The third-order valence-electron chi connectivity index (χ3n) is 3.62. The van der Waals surface area contributed by atoms with Crippen molar-refractivity contribution in [2.24, 2.45) is 5.41 Å². The van der Waals surface area contributed by atoms with Gasteiger partial charge in [-0.25, -0.2) is 4.79 Å². The Hall–Kier alpha value is -1.35. The van der Waals surface area contributed by atoms with Gasteiger partial charge in [0.25, 0.3) is 0 Å². The summed E-state index contributed by atoms with van der Waals surface area (Å²) in [5.74, 6) is -0.832. The summed E-state index contributed by atoms with van der Waals surface area (Å²) in [6, 6.07) is 7.31. The van der Waals surface area contributed by atoms with Crippen molar-refractivity contribution in [1.82, 2.24) is 4.90 Å². The summed E-state index contributed by atoms with van der Waals surface area (Å²) in [7, 11) is 0. The summed E-state index contributed by atoms with van der Waals surface area (Å²) in [5, 5.41) is 9.18. The minimum atomic E-state index is -0.832. The average molecular weight is 247 g/mol. The number of benzene rings is 1. The van der Waals surface area contributed by atoms with E-state index in [-0.39, 0.29) is 0 Å². The van der Waals surface area contributed by atoms with Gasteiger partial charge in [0.05, 0.1) is 5.56 Å². The van der Waals surface area contributed by atoms with Gasteiger partial charge in [0.2, 0.25) is 0 Å². The van der Waals surface area contributed by atoms with Gasteiger partial charge in [-0.15, -0.1) is 0 Å². The molecule has 0 radical (unpaired) electrons. The van der Waals surface area contributed by atoms with Crippen LogP contribution >= 0.6 is 0 Å². The Balaban J connectivity index is 2.12. The van der Waals surface area contributed by atoms with Gasteiger partial charge in [0.15, 0.2) is 0 Å². The molecule has 0 unspecified atom stereocenters. The largest absolute Gasteiger partial charge is 0.478 e. The minimum Gasteiger partial charge on any atom is -0.478 e. The number of likely N-dealkylation sites (tertiary alicyclic amines) is 1. The van der Waals surface area contributed by atoms with Crippen LogP contribution in [0.15, 0.2) is 24.3 Å². The third-order valence-corrected chi connectivity index (χ3v) is 3.62. The fraction of sp³-hybridized carbons (Fsp3) is 0.533. The van der Waals surface area contributed by atoms with E-state index in [2.05, 4.69) is 18.7 Å². The molecule has 0 saturated carbocycles. The fourth-order valence-corrected chi connectivity index (χ4v) is 2.79. The first-order valence-corrected chi connectivity index (χ1v) is 6.51. The highest BCUT2D eigenvalue weighted by Gasteiger charge is 2.26. The molecule has 98 valence electrons. The van der Waals surface area contributed by atoms with Gasteiger partial charge in [0.1, 0.15) is 0 Å². The number of carbonyl (C=O) groups is 1. The molecular weight excluding hydrogens is 226 g/mol. The monoisotopic (exact) mass is 247 g/mol. The Bertz CT molecular complexity index is 440. The van der Waals surface area contributed by atoms with Crippen LogP contribution in [-0.4, -0.2) is 29.1 Å². The molecule has 1 aromatic rings. The molecule has 0 spiro atoms. The van der Waals surface area contributed by atoms with E-state index in [9.17, 15) is 9.90 Å². The molecule has 1 heterocycles. The number of carboxylic acids is 1. The number of hydrogen-bond acceptors (Lipinski definition) is 2. The van der Waals surface area contributed by atoms with Crippen LogP contribution in [0.1, 0.15) is 42.6 Å². The Labute approximate surface area is 108 Å². The van der Waals surface area contributed by atoms with E-state index in [0.717, 1.165) is 25.2 Å².